The number of rotatable bonds is 10. The van der Waals surface area contributed by atoms with Crippen LogP contribution in [0.3, 0.4) is 0 Å². The molecule has 108 valence electrons. The van der Waals surface area contributed by atoms with Crippen molar-refractivity contribution in [2.75, 3.05) is 27.9 Å². The smallest absolute Gasteiger partial charge is 0.393 e. The van der Waals surface area contributed by atoms with E-state index in [1.807, 2.05) is 0 Å². The third kappa shape index (κ3) is 7.07. The minimum absolute atomic E-state index is 0.0459. The van der Waals surface area contributed by atoms with Crippen LogP contribution < -0.4 is 5.32 Å². The number of amides is 1. The zero-order valence-electron chi connectivity index (χ0n) is 11.7. The Hall–Kier alpha value is -0.473. The Kier molecular flexibility index (Phi) is 9.21. The highest BCUT2D eigenvalue weighted by Crippen LogP contribution is 2.14. The molecule has 0 fully saturated rings. The molecule has 0 radical (unpaired) electrons. The van der Waals surface area contributed by atoms with Gasteiger partial charge in [-0.2, -0.15) is 0 Å². The van der Waals surface area contributed by atoms with Crippen LogP contribution >= 0.6 is 0 Å². The summed E-state index contributed by atoms with van der Waals surface area (Å²) in [6.45, 7) is 2.23. The molecule has 0 spiro atoms. The van der Waals surface area contributed by atoms with E-state index in [0.29, 0.717) is 25.4 Å². The third-order valence-electron chi connectivity index (χ3n) is 2.70. The first kappa shape index (κ1) is 17.5. The topological polar surface area (TPSA) is 77.0 Å². The maximum absolute atomic E-state index is 11.4. The largest absolute Gasteiger partial charge is 0.500 e. The molecule has 0 saturated heterocycles. The first-order chi connectivity index (χ1) is 8.49. The summed E-state index contributed by atoms with van der Waals surface area (Å²) in [6.07, 6.45) is 1.13. The van der Waals surface area contributed by atoms with Crippen LogP contribution in [0.5, 0.6) is 0 Å². The quantitative estimate of drug-likeness (QED) is 0.451. The van der Waals surface area contributed by atoms with Gasteiger partial charge in [0, 0.05) is 40.3 Å². The Morgan fingerprint density at radius 3 is 2.28 bits per heavy atom. The predicted molar refractivity (Wildman–Crippen MR) is 70.1 cm³/mol. The van der Waals surface area contributed by atoms with Gasteiger partial charge in [-0.25, -0.2) is 0 Å². The van der Waals surface area contributed by atoms with E-state index >= 15 is 0 Å². The number of hydrogen-bond acceptors (Lipinski definition) is 5. The second-order valence-electron chi connectivity index (χ2n) is 4.14. The first-order valence-electron chi connectivity index (χ1n) is 6.10. The zero-order chi connectivity index (χ0) is 14.0. The molecule has 1 amide bonds. The van der Waals surface area contributed by atoms with E-state index in [9.17, 15) is 4.79 Å². The van der Waals surface area contributed by atoms with Gasteiger partial charge in [0.15, 0.2) is 0 Å². The summed E-state index contributed by atoms with van der Waals surface area (Å²) in [7, 11) is 2.19. The lowest BCUT2D eigenvalue weighted by molar-refractivity contribution is -0.121. The maximum atomic E-state index is 11.4. The van der Waals surface area contributed by atoms with E-state index in [-0.39, 0.29) is 5.91 Å². The van der Waals surface area contributed by atoms with Crippen LogP contribution in [0.2, 0.25) is 6.04 Å². The van der Waals surface area contributed by atoms with Gasteiger partial charge in [0.05, 0.1) is 6.10 Å². The van der Waals surface area contributed by atoms with Crippen LogP contribution in [0, 0.1) is 0 Å². The fourth-order valence-electron chi connectivity index (χ4n) is 1.52. The van der Waals surface area contributed by atoms with Crippen molar-refractivity contribution in [2.45, 2.75) is 38.3 Å². The van der Waals surface area contributed by atoms with E-state index in [0.717, 1.165) is 6.42 Å². The summed E-state index contributed by atoms with van der Waals surface area (Å²) < 4.78 is 15.8. The SMILES string of the molecule is CO[Si](CCCNC(=O)CCC(C)O)(OC)OC. The number of carbonyl (C=O) groups excluding carboxylic acids is 1. The molecule has 6 nitrogen and oxygen atoms in total. The van der Waals surface area contributed by atoms with Gasteiger partial charge in [-0.05, 0) is 19.8 Å². The average molecular weight is 279 g/mol. The second-order valence-corrected chi connectivity index (χ2v) is 7.23. The molecule has 0 aliphatic heterocycles. The molecule has 0 aliphatic carbocycles. The van der Waals surface area contributed by atoms with Crippen LogP contribution in [0.15, 0.2) is 0 Å². The molecule has 2 N–H and O–H groups in total. The first-order valence-corrected chi connectivity index (χ1v) is 8.03. The van der Waals surface area contributed by atoms with Crippen molar-refractivity contribution in [3.63, 3.8) is 0 Å². The monoisotopic (exact) mass is 279 g/mol. The van der Waals surface area contributed by atoms with Gasteiger partial charge in [-0.3, -0.25) is 4.79 Å². The molecule has 0 saturated carbocycles. The fourth-order valence-corrected chi connectivity index (χ4v) is 3.24. The zero-order valence-corrected chi connectivity index (χ0v) is 12.7. The molecule has 0 rings (SSSR count). The minimum atomic E-state index is -2.52. The highest BCUT2D eigenvalue weighted by atomic mass is 28.4. The van der Waals surface area contributed by atoms with E-state index < -0.39 is 14.9 Å². The average Bonchev–Trinajstić information content (AvgIpc) is 2.37. The van der Waals surface area contributed by atoms with Crippen molar-refractivity contribution in [3.8, 4) is 0 Å². The molecule has 0 aromatic carbocycles. The van der Waals surface area contributed by atoms with E-state index in [2.05, 4.69) is 5.32 Å². The number of aliphatic hydroxyl groups is 1. The number of aliphatic hydroxyl groups excluding tert-OH is 1. The summed E-state index contributed by atoms with van der Waals surface area (Å²) in [5, 5.41) is 11.8. The van der Waals surface area contributed by atoms with Gasteiger partial charge < -0.3 is 23.7 Å². The standard InChI is InChI=1S/C11H25NO5Si/c1-10(13)6-7-11(14)12-8-5-9-18(15-2,16-3)17-4/h10,13H,5-9H2,1-4H3,(H,12,14). The molecule has 0 aromatic heterocycles. The van der Waals surface area contributed by atoms with E-state index in [1.54, 1.807) is 28.3 Å². The molecule has 0 aromatic rings. The molecular weight excluding hydrogens is 254 g/mol. The third-order valence-corrected chi connectivity index (χ3v) is 5.54. The van der Waals surface area contributed by atoms with Crippen molar-refractivity contribution in [2.24, 2.45) is 0 Å². The van der Waals surface area contributed by atoms with Gasteiger partial charge in [0.2, 0.25) is 5.91 Å². The lowest BCUT2D eigenvalue weighted by atomic mass is 10.2. The van der Waals surface area contributed by atoms with Crippen LogP contribution in [0.25, 0.3) is 0 Å². The lowest BCUT2D eigenvalue weighted by Gasteiger charge is -2.24. The Morgan fingerprint density at radius 2 is 1.83 bits per heavy atom. The summed E-state index contributed by atoms with van der Waals surface area (Å²) in [5.41, 5.74) is 0. The van der Waals surface area contributed by atoms with E-state index in [1.165, 1.54) is 0 Å². The number of carbonyl (C=O) groups is 1. The van der Waals surface area contributed by atoms with E-state index in [4.69, 9.17) is 18.4 Å². The Bertz CT molecular complexity index is 225. The van der Waals surface area contributed by atoms with Gasteiger partial charge in [-0.1, -0.05) is 0 Å². The second kappa shape index (κ2) is 9.46. The summed E-state index contributed by atoms with van der Waals surface area (Å²) >= 11 is 0. The van der Waals surface area contributed by atoms with Crippen molar-refractivity contribution >= 4 is 14.7 Å². The molecule has 7 heteroatoms. The van der Waals surface area contributed by atoms with Gasteiger partial charge in [0.25, 0.3) is 0 Å². The number of nitrogens with one attached hydrogen (secondary N) is 1. The Morgan fingerprint density at radius 1 is 1.28 bits per heavy atom. The normalized spacial score (nSPS) is 13.4. The predicted octanol–water partition coefficient (Wildman–Crippen LogP) is 0.532. The molecule has 1 atom stereocenters. The van der Waals surface area contributed by atoms with Crippen molar-refractivity contribution in [1.29, 1.82) is 0 Å². The summed E-state index contributed by atoms with van der Waals surface area (Å²) in [5.74, 6) is -0.0459. The molecule has 0 bridgehead atoms. The highest BCUT2D eigenvalue weighted by molar-refractivity contribution is 6.60. The molecular formula is C11H25NO5Si. The van der Waals surface area contributed by atoms with Gasteiger partial charge >= 0.3 is 8.80 Å². The Balaban J connectivity index is 3.75. The minimum Gasteiger partial charge on any atom is -0.393 e. The molecule has 18 heavy (non-hydrogen) atoms. The van der Waals surface area contributed by atoms with Crippen LogP contribution in [0.1, 0.15) is 26.2 Å². The van der Waals surface area contributed by atoms with Crippen LogP contribution in [-0.2, 0) is 18.1 Å². The summed E-state index contributed by atoms with van der Waals surface area (Å²) in [6, 6.07) is 0.660. The number of hydrogen-bond donors (Lipinski definition) is 2. The fraction of sp³-hybridized carbons (Fsp3) is 0.909. The van der Waals surface area contributed by atoms with Crippen molar-refractivity contribution in [3.05, 3.63) is 0 Å². The molecule has 1 unspecified atom stereocenters. The van der Waals surface area contributed by atoms with Gasteiger partial charge in [0.1, 0.15) is 0 Å². The lowest BCUT2D eigenvalue weighted by Crippen LogP contribution is -2.43. The van der Waals surface area contributed by atoms with Crippen molar-refractivity contribution < 1.29 is 23.2 Å². The Labute approximate surface area is 110 Å². The van der Waals surface area contributed by atoms with Crippen LogP contribution in [-0.4, -0.2) is 53.8 Å². The summed E-state index contributed by atoms with van der Waals surface area (Å²) in [4.78, 5) is 11.4. The van der Waals surface area contributed by atoms with Crippen molar-refractivity contribution in [1.82, 2.24) is 5.32 Å². The molecule has 0 heterocycles. The maximum Gasteiger partial charge on any atom is 0.500 e. The van der Waals surface area contributed by atoms with Crippen LogP contribution in [0.4, 0.5) is 0 Å². The highest BCUT2D eigenvalue weighted by Gasteiger charge is 2.36. The molecule has 0 aliphatic rings. The van der Waals surface area contributed by atoms with Gasteiger partial charge in [-0.15, -0.1) is 0 Å².